The lowest BCUT2D eigenvalue weighted by atomic mass is 9.53. The molecule has 0 radical (unpaired) electrons. The van der Waals surface area contributed by atoms with Gasteiger partial charge in [-0.25, -0.2) is 4.79 Å². The molecule has 4 nitrogen and oxygen atoms in total. The number of carbonyl (C=O) groups is 2. The van der Waals surface area contributed by atoms with Crippen LogP contribution in [0.15, 0.2) is 30.3 Å². The predicted molar refractivity (Wildman–Crippen MR) is 100 cm³/mol. The van der Waals surface area contributed by atoms with E-state index in [-0.39, 0.29) is 18.1 Å². The Labute approximate surface area is 158 Å². The second-order valence-electron chi connectivity index (χ2n) is 8.24. The van der Waals surface area contributed by atoms with Gasteiger partial charge in [0, 0.05) is 16.6 Å². The Morgan fingerprint density at radius 1 is 1.08 bits per heavy atom. The van der Waals surface area contributed by atoms with E-state index in [1.807, 2.05) is 12.1 Å². The molecule has 5 heteroatoms. The summed E-state index contributed by atoms with van der Waals surface area (Å²) in [6.45, 7) is -0.217. The molecule has 1 aromatic carbocycles. The molecule has 0 spiro atoms. The molecule has 0 unspecified atom stereocenters. The minimum absolute atomic E-state index is 0.0443. The second-order valence-corrected chi connectivity index (χ2v) is 8.68. The van der Waals surface area contributed by atoms with Gasteiger partial charge in [0.15, 0.2) is 6.61 Å². The zero-order valence-electron chi connectivity index (χ0n) is 14.7. The van der Waals surface area contributed by atoms with Crippen molar-refractivity contribution in [2.75, 3.05) is 6.61 Å². The first kappa shape index (κ1) is 17.6. The molecule has 0 aromatic heterocycles. The van der Waals surface area contributed by atoms with Crippen LogP contribution in [-0.2, 0) is 14.3 Å². The van der Waals surface area contributed by atoms with E-state index in [9.17, 15) is 9.59 Å². The average Bonchev–Trinajstić information content (AvgIpc) is 2.58. The molecule has 4 bridgehead atoms. The van der Waals surface area contributed by atoms with Crippen molar-refractivity contribution in [1.82, 2.24) is 5.32 Å². The quantitative estimate of drug-likeness (QED) is 0.627. The highest BCUT2D eigenvalue weighted by Gasteiger charge is 2.51. The standard InChI is InChI=1S/C21H24ClNO3/c22-18-4-1-14(2-5-18)3-6-20(25)26-13-19(24)23-21-10-15-7-16(11-21)9-17(8-15)12-21/h1-6,15-17H,7-13H2,(H,23,24). The molecular formula is C21H24ClNO3. The van der Waals surface area contributed by atoms with Crippen molar-refractivity contribution in [2.45, 2.75) is 44.1 Å². The van der Waals surface area contributed by atoms with E-state index in [1.54, 1.807) is 18.2 Å². The summed E-state index contributed by atoms with van der Waals surface area (Å²) in [6, 6.07) is 7.13. The van der Waals surface area contributed by atoms with Crippen LogP contribution in [0, 0.1) is 17.8 Å². The number of nitrogens with one attached hydrogen (secondary N) is 1. The Hall–Kier alpha value is -1.81. The summed E-state index contributed by atoms with van der Waals surface area (Å²) in [7, 11) is 0. The fourth-order valence-corrected chi connectivity index (χ4v) is 5.64. The summed E-state index contributed by atoms with van der Waals surface area (Å²) in [5.74, 6) is 1.62. The number of amides is 1. The number of ether oxygens (including phenoxy) is 1. The molecule has 5 rings (SSSR count). The third kappa shape index (κ3) is 3.96. The van der Waals surface area contributed by atoms with Gasteiger partial charge >= 0.3 is 5.97 Å². The molecule has 1 N–H and O–H groups in total. The van der Waals surface area contributed by atoms with Gasteiger partial charge in [0.25, 0.3) is 5.91 Å². The Bertz CT molecular complexity index is 690. The van der Waals surface area contributed by atoms with Crippen LogP contribution < -0.4 is 5.32 Å². The Morgan fingerprint density at radius 3 is 2.23 bits per heavy atom. The van der Waals surface area contributed by atoms with Crippen LogP contribution in [0.1, 0.15) is 44.1 Å². The van der Waals surface area contributed by atoms with Gasteiger partial charge in [0.05, 0.1) is 0 Å². The van der Waals surface area contributed by atoms with E-state index < -0.39 is 5.97 Å². The van der Waals surface area contributed by atoms with Gasteiger partial charge in [0.2, 0.25) is 0 Å². The maximum Gasteiger partial charge on any atom is 0.331 e. The zero-order chi connectivity index (χ0) is 18.1. The van der Waals surface area contributed by atoms with Crippen LogP contribution in [0.3, 0.4) is 0 Å². The summed E-state index contributed by atoms with van der Waals surface area (Å²) in [4.78, 5) is 24.2. The summed E-state index contributed by atoms with van der Waals surface area (Å²) in [6.07, 6.45) is 10.3. The minimum atomic E-state index is -0.513. The molecule has 4 fully saturated rings. The van der Waals surface area contributed by atoms with E-state index in [1.165, 1.54) is 25.3 Å². The van der Waals surface area contributed by atoms with Crippen molar-refractivity contribution >= 4 is 29.6 Å². The molecule has 4 saturated carbocycles. The lowest BCUT2D eigenvalue weighted by molar-refractivity contribution is -0.145. The number of carbonyl (C=O) groups excluding carboxylic acids is 2. The first-order chi connectivity index (χ1) is 12.5. The Balaban J connectivity index is 1.26. The van der Waals surface area contributed by atoms with Crippen LogP contribution in [0.4, 0.5) is 0 Å². The topological polar surface area (TPSA) is 55.4 Å². The Kier molecular flexibility index (Phi) is 4.78. The molecule has 26 heavy (non-hydrogen) atoms. The second kappa shape index (κ2) is 7.07. The van der Waals surface area contributed by atoms with Crippen LogP contribution in [0.25, 0.3) is 6.08 Å². The molecule has 138 valence electrons. The molecule has 0 saturated heterocycles. The number of esters is 1. The molecular weight excluding hydrogens is 350 g/mol. The van der Waals surface area contributed by atoms with Gasteiger partial charge in [0.1, 0.15) is 0 Å². The van der Waals surface area contributed by atoms with E-state index in [0.717, 1.165) is 42.6 Å². The minimum Gasteiger partial charge on any atom is -0.452 e. The molecule has 4 aliphatic rings. The van der Waals surface area contributed by atoms with Gasteiger partial charge in [-0.05, 0) is 80.1 Å². The fourth-order valence-electron chi connectivity index (χ4n) is 5.52. The molecule has 0 heterocycles. The molecule has 1 aromatic rings. The number of benzene rings is 1. The highest BCUT2D eigenvalue weighted by Crippen LogP contribution is 2.55. The molecule has 1 amide bonds. The lowest BCUT2D eigenvalue weighted by Gasteiger charge is -2.56. The van der Waals surface area contributed by atoms with Crippen LogP contribution in [0.5, 0.6) is 0 Å². The number of hydrogen-bond donors (Lipinski definition) is 1. The van der Waals surface area contributed by atoms with E-state index in [2.05, 4.69) is 5.32 Å². The van der Waals surface area contributed by atoms with E-state index in [4.69, 9.17) is 16.3 Å². The first-order valence-corrected chi connectivity index (χ1v) is 9.79. The highest BCUT2D eigenvalue weighted by molar-refractivity contribution is 6.30. The summed E-state index contributed by atoms with van der Waals surface area (Å²) < 4.78 is 5.10. The van der Waals surface area contributed by atoms with E-state index >= 15 is 0 Å². The summed E-state index contributed by atoms with van der Waals surface area (Å²) >= 11 is 5.83. The number of rotatable bonds is 5. The van der Waals surface area contributed by atoms with Crippen molar-refractivity contribution < 1.29 is 14.3 Å². The average molecular weight is 374 g/mol. The van der Waals surface area contributed by atoms with Gasteiger partial charge in [-0.1, -0.05) is 23.7 Å². The molecule has 0 atom stereocenters. The van der Waals surface area contributed by atoms with Gasteiger partial charge in [-0.15, -0.1) is 0 Å². The van der Waals surface area contributed by atoms with Crippen molar-refractivity contribution in [3.05, 3.63) is 40.9 Å². The van der Waals surface area contributed by atoms with Crippen LogP contribution in [-0.4, -0.2) is 24.0 Å². The van der Waals surface area contributed by atoms with E-state index in [0.29, 0.717) is 5.02 Å². The third-order valence-electron chi connectivity index (χ3n) is 6.07. The van der Waals surface area contributed by atoms with Crippen molar-refractivity contribution in [1.29, 1.82) is 0 Å². The normalized spacial score (nSPS) is 32.0. The zero-order valence-corrected chi connectivity index (χ0v) is 15.5. The summed E-state index contributed by atoms with van der Waals surface area (Å²) in [5, 5.41) is 3.85. The third-order valence-corrected chi connectivity index (χ3v) is 6.32. The smallest absolute Gasteiger partial charge is 0.331 e. The van der Waals surface area contributed by atoms with Gasteiger partial charge < -0.3 is 10.1 Å². The Morgan fingerprint density at radius 2 is 1.65 bits per heavy atom. The van der Waals surface area contributed by atoms with Crippen LogP contribution >= 0.6 is 11.6 Å². The highest BCUT2D eigenvalue weighted by atomic mass is 35.5. The van der Waals surface area contributed by atoms with Crippen molar-refractivity contribution in [3.8, 4) is 0 Å². The molecule has 4 aliphatic carbocycles. The number of hydrogen-bond acceptors (Lipinski definition) is 3. The van der Waals surface area contributed by atoms with Crippen molar-refractivity contribution in [2.24, 2.45) is 17.8 Å². The largest absolute Gasteiger partial charge is 0.452 e. The maximum atomic E-state index is 12.3. The van der Waals surface area contributed by atoms with Crippen LogP contribution in [0.2, 0.25) is 5.02 Å². The first-order valence-electron chi connectivity index (χ1n) is 9.41. The predicted octanol–water partition coefficient (Wildman–Crippen LogP) is 3.98. The summed E-state index contributed by atoms with van der Waals surface area (Å²) in [5.41, 5.74) is 0.807. The monoisotopic (exact) mass is 373 g/mol. The SMILES string of the molecule is O=C(COC(=O)C=Cc1ccc(Cl)cc1)NC12CC3CC(CC(C3)C1)C2. The molecule has 0 aliphatic heterocycles. The lowest BCUT2D eigenvalue weighted by Crippen LogP contribution is -2.60. The van der Waals surface area contributed by atoms with Crippen molar-refractivity contribution in [3.63, 3.8) is 0 Å². The fraction of sp³-hybridized carbons (Fsp3) is 0.524. The number of halogens is 1. The maximum absolute atomic E-state index is 12.3. The van der Waals surface area contributed by atoms with Gasteiger partial charge in [-0.3, -0.25) is 4.79 Å². The van der Waals surface area contributed by atoms with Gasteiger partial charge in [-0.2, -0.15) is 0 Å².